The minimum atomic E-state index is -1.02. The minimum Gasteiger partial charge on any atom is -0.306 e. The number of anilines is 1. The molecule has 0 bridgehead atoms. The summed E-state index contributed by atoms with van der Waals surface area (Å²) in [5.41, 5.74) is 1.38. The van der Waals surface area contributed by atoms with Gasteiger partial charge in [0.1, 0.15) is 0 Å². The van der Waals surface area contributed by atoms with Crippen LogP contribution in [0.2, 0.25) is 10.0 Å². The lowest BCUT2D eigenvalue weighted by Gasteiger charge is -2.25. The topological polar surface area (TPSA) is 61.8 Å². The Kier molecular flexibility index (Phi) is 5.81. The number of hydrogen-bond acceptors (Lipinski definition) is 3. The number of rotatable bonds is 4. The van der Waals surface area contributed by atoms with Crippen molar-refractivity contribution in [2.24, 2.45) is 10.5 Å². The Labute approximate surface area is 190 Å². The summed E-state index contributed by atoms with van der Waals surface area (Å²) < 4.78 is 0. The normalized spacial score (nSPS) is 17.9. The maximum absolute atomic E-state index is 13.5. The highest BCUT2D eigenvalue weighted by Gasteiger charge is 2.47. The maximum Gasteiger partial charge on any atom is 0.342 e. The zero-order chi connectivity index (χ0) is 22.0. The molecule has 1 aliphatic heterocycles. The van der Waals surface area contributed by atoms with Crippen molar-refractivity contribution in [1.82, 2.24) is 5.01 Å². The van der Waals surface area contributed by atoms with E-state index in [9.17, 15) is 9.59 Å². The highest BCUT2D eigenvalue weighted by molar-refractivity contribution is 6.31. The third kappa shape index (κ3) is 4.33. The third-order valence-corrected chi connectivity index (χ3v) is 5.70. The highest BCUT2D eigenvalue weighted by Crippen LogP contribution is 2.35. The van der Waals surface area contributed by atoms with Crippen LogP contribution >= 0.6 is 23.2 Å². The van der Waals surface area contributed by atoms with Crippen molar-refractivity contribution in [3.63, 3.8) is 0 Å². The molecule has 0 saturated heterocycles. The largest absolute Gasteiger partial charge is 0.342 e. The molecular formula is C24H19Cl2N3O2. The highest BCUT2D eigenvalue weighted by atomic mass is 35.5. The number of benzene rings is 3. The van der Waals surface area contributed by atoms with Crippen LogP contribution in [0.5, 0.6) is 0 Å². The molecule has 0 fully saturated rings. The fraction of sp³-hybridized carbons (Fsp3) is 0.125. The third-order valence-electron chi connectivity index (χ3n) is 5.19. The van der Waals surface area contributed by atoms with Crippen LogP contribution in [-0.4, -0.2) is 29.1 Å². The van der Waals surface area contributed by atoms with E-state index in [0.29, 0.717) is 27.0 Å². The monoisotopic (exact) mass is 451 g/mol. The minimum absolute atomic E-state index is 0.108. The molecule has 156 valence electrons. The van der Waals surface area contributed by atoms with Gasteiger partial charge in [0.2, 0.25) is 0 Å². The van der Waals surface area contributed by atoms with Crippen molar-refractivity contribution in [3.05, 3.63) is 100 Å². The second kappa shape index (κ2) is 8.53. The first-order chi connectivity index (χ1) is 14.9. The van der Waals surface area contributed by atoms with Crippen molar-refractivity contribution >= 4 is 46.4 Å². The predicted molar refractivity (Wildman–Crippen MR) is 124 cm³/mol. The van der Waals surface area contributed by atoms with Crippen molar-refractivity contribution in [1.29, 1.82) is 0 Å². The summed E-state index contributed by atoms with van der Waals surface area (Å²) in [5, 5.41) is 9.79. The summed E-state index contributed by atoms with van der Waals surface area (Å²) in [4.78, 5) is 26.4. The lowest BCUT2D eigenvalue weighted by molar-refractivity contribution is 0.0876. The van der Waals surface area contributed by atoms with Gasteiger partial charge in [0.25, 0.3) is 0 Å². The molecule has 0 aromatic heterocycles. The van der Waals surface area contributed by atoms with Gasteiger partial charge in [0.15, 0.2) is 5.78 Å². The first kappa shape index (κ1) is 21.1. The fourth-order valence-corrected chi connectivity index (χ4v) is 3.80. The molecule has 1 atom stereocenters. The number of ketones is 1. The SMILES string of the molecule is CC1(C(=O)c2ccccc2)CN(C(=O)Nc2ccc(Cl)cc2)N=C1c1ccc(Cl)cc1. The van der Waals surface area contributed by atoms with Crippen molar-refractivity contribution in [3.8, 4) is 0 Å². The van der Waals surface area contributed by atoms with Gasteiger partial charge in [0, 0.05) is 21.3 Å². The number of hydrazone groups is 1. The molecule has 7 heteroatoms. The predicted octanol–water partition coefficient (Wildman–Crippen LogP) is 6.13. The Morgan fingerprint density at radius 1 is 0.903 bits per heavy atom. The summed E-state index contributed by atoms with van der Waals surface area (Å²) in [6, 6.07) is 22.5. The molecule has 1 heterocycles. The van der Waals surface area contributed by atoms with Crippen LogP contribution in [0.1, 0.15) is 22.8 Å². The molecule has 1 N–H and O–H groups in total. The van der Waals surface area contributed by atoms with Gasteiger partial charge in [-0.2, -0.15) is 5.10 Å². The molecule has 4 rings (SSSR count). The lowest BCUT2D eigenvalue weighted by atomic mass is 9.76. The molecule has 0 radical (unpaired) electrons. The molecule has 5 nitrogen and oxygen atoms in total. The zero-order valence-corrected chi connectivity index (χ0v) is 18.2. The summed E-state index contributed by atoms with van der Waals surface area (Å²) in [6.07, 6.45) is 0. The zero-order valence-electron chi connectivity index (χ0n) is 16.7. The quantitative estimate of drug-likeness (QED) is 0.484. The first-order valence-corrected chi connectivity index (χ1v) is 10.4. The molecule has 31 heavy (non-hydrogen) atoms. The van der Waals surface area contributed by atoms with Crippen molar-refractivity contribution < 1.29 is 9.59 Å². The van der Waals surface area contributed by atoms with Gasteiger partial charge >= 0.3 is 6.03 Å². The second-order valence-electron chi connectivity index (χ2n) is 7.48. The van der Waals surface area contributed by atoms with Crippen LogP contribution in [0.4, 0.5) is 10.5 Å². The van der Waals surface area contributed by atoms with E-state index >= 15 is 0 Å². The van der Waals surface area contributed by atoms with Crippen LogP contribution in [0, 0.1) is 5.41 Å². The Morgan fingerprint density at radius 3 is 2.10 bits per heavy atom. The van der Waals surface area contributed by atoms with Crippen molar-refractivity contribution in [2.45, 2.75) is 6.92 Å². The van der Waals surface area contributed by atoms with E-state index in [-0.39, 0.29) is 12.3 Å². The van der Waals surface area contributed by atoms with E-state index in [4.69, 9.17) is 23.2 Å². The number of nitrogens with zero attached hydrogens (tertiary/aromatic N) is 2. The average Bonchev–Trinajstić information content (AvgIpc) is 3.15. The van der Waals surface area contributed by atoms with Crippen LogP contribution in [0.25, 0.3) is 0 Å². The van der Waals surface area contributed by atoms with E-state index in [0.717, 1.165) is 5.56 Å². The Morgan fingerprint density at radius 2 is 1.48 bits per heavy atom. The number of amides is 2. The molecule has 2 amide bonds. The summed E-state index contributed by atoms with van der Waals surface area (Å²) in [6.45, 7) is 1.92. The first-order valence-electron chi connectivity index (χ1n) is 9.66. The number of hydrogen-bond donors (Lipinski definition) is 1. The molecule has 3 aromatic carbocycles. The van der Waals surface area contributed by atoms with E-state index in [1.807, 2.05) is 25.1 Å². The van der Waals surface area contributed by atoms with Crippen LogP contribution < -0.4 is 5.32 Å². The van der Waals surface area contributed by atoms with Gasteiger partial charge in [-0.15, -0.1) is 0 Å². The van der Waals surface area contributed by atoms with Gasteiger partial charge in [-0.1, -0.05) is 65.7 Å². The average molecular weight is 452 g/mol. The Bertz CT molecular complexity index is 1150. The summed E-state index contributed by atoms with van der Waals surface area (Å²) >= 11 is 11.9. The van der Waals surface area contributed by atoms with Gasteiger partial charge < -0.3 is 5.32 Å². The van der Waals surface area contributed by atoms with E-state index in [1.54, 1.807) is 60.7 Å². The number of nitrogens with one attached hydrogen (secondary N) is 1. The Hall–Kier alpha value is -3.15. The smallest absolute Gasteiger partial charge is 0.306 e. The van der Waals surface area contributed by atoms with Crippen LogP contribution in [-0.2, 0) is 0 Å². The molecule has 0 saturated carbocycles. The lowest BCUT2D eigenvalue weighted by Crippen LogP contribution is -2.41. The maximum atomic E-state index is 13.5. The Balaban J connectivity index is 1.68. The molecule has 0 spiro atoms. The number of carbonyl (C=O) groups excluding carboxylic acids is 2. The van der Waals surface area contributed by atoms with E-state index < -0.39 is 11.4 Å². The van der Waals surface area contributed by atoms with E-state index in [2.05, 4.69) is 10.4 Å². The second-order valence-corrected chi connectivity index (χ2v) is 8.35. The molecule has 1 aliphatic rings. The number of urea groups is 1. The fourth-order valence-electron chi connectivity index (χ4n) is 3.55. The molecule has 3 aromatic rings. The molecule has 0 aliphatic carbocycles. The van der Waals surface area contributed by atoms with Crippen LogP contribution in [0.3, 0.4) is 0 Å². The van der Waals surface area contributed by atoms with Gasteiger partial charge in [-0.3, -0.25) is 4.79 Å². The van der Waals surface area contributed by atoms with E-state index in [1.165, 1.54) is 5.01 Å². The van der Waals surface area contributed by atoms with Gasteiger partial charge in [-0.05, 0) is 48.9 Å². The van der Waals surface area contributed by atoms with Crippen LogP contribution in [0.15, 0.2) is 84.0 Å². The van der Waals surface area contributed by atoms with Crippen molar-refractivity contribution in [2.75, 3.05) is 11.9 Å². The number of Topliss-reactive ketones (excluding diaryl/α,β-unsaturated/α-hetero) is 1. The molecular weight excluding hydrogens is 433 g/mol. The standard InChI is InChI=1S/C24H19Cl2N3O2/c1-24(22(30)17-5-3-2-4-6-17)15-29(23(31)27-20-13-11-19(26)12-14-20)28-21(24)16-7-9-18(25)10-8-16/h2-14H,15H2,1H3,(H,27,31). The number of carbonyl (C=O) groups is 2. The van der Waals surface area contributed by atoms with Gasteiger partial charge in [0.05, 0.1) is 17.7 Å². The summed E-state index contributed by atoms with van der Waals surface area (Å²) in [5.74, 6) is -0.108. The van der Waals surface area contributed by atoms with Gasteiger partial charge in [-0.25, -0.2) is 9.80 Å². The number of halogens is 2. The molecule has 1 unspecified atom stereocenters. The summed E-state index contributed by atoms with van der Waals surface area (Å²) in [7, 11) is 0.